The molecular formula is C9H15O4P. The average molecular weight is 218 g/mol. The summed E-state index contributed by atoms with van der Waals surface area (Å²) in [7, 11) is -4.03. The van der Waals surface area contributed by atoms with E-state index in [1.54, 1.807) is 13.8 Å². The molecule has 0 bridgehead atoms. The lowest BCUT2D eigenvalue weighted by Gasteiger charge is -2.24. The Morgan fingerprint density at radius 1 is 1.71 bits per heavy atom. The van der Waals surface area contributed by atoms with Gasteiger partial charge in [0.2, 0.25) is 0 Å². The van der Waals surface area contributed by atoms with Crippen molar-refractivity contribution in [2.45, 2.75) is 25.9 Å². The number of rotatable bonds is 6. The lowest BCUT2D eigenvalue weighted by molar-refractivity contribution is 0.0563. The van der Waals surface area contributed by atoms with E-state index in [0.29, 0.717) is 0 Å². The topological polar surface area (TPSA) is 55.8 Å². The van der Waals surface area contributed by atoms with Gasteiger partial charge in [0.1, 0.15) is 0 Å². The van der Waals surface area contributed by atoms with Gasteiger partial charge >= 0.3 is 7.82 Å². The summed E-state index contributed by atoms with van der Waals surface area (Å²) < 4.78 is 20.7. The fourth-order valence-corrected chi connectivity index (χ4v) is 1.80. The number of terminal acetylenes is 1. The molecule has 0 aromatic carbocycles. The largest absolute Gasteiger partial charge is 0.473 e. The van der Waals surface area contributed by atoms with Crippen LogP contribution in [0.4, 0.5) is 0 Å². The van der Waals surface area contributed by atoms with Gasteiger partial charge in [-0.1, -0.05) is 6.08 Å². The van der Waals surface area contributed by atoms with Crippen molar-refractivity contribution in [2.24, 2.45) is 0 Å². The Balaban J connectivity index is 4.27. The van der Waals surface area contributed by atoms with Gasteiger partial charge in [0, 0.05) is 6.42 Å². The number of phosphoric acid groups is 1. The van der Waals surface area contributed by atoms with Gasteiger partial charge < -0.3 is 4.89 Å². The lowest BCUT2D eigenvalue weighted by Crippen LogP contribution is -2.22. The Kier molecular flexibility index (Phi) is 5.11. The van der Waals surface area contributed by atoms with Gasteiger partial charge in [-0.3, -0.25) is 9.05 Å². The molecule has 0 rings (SSSR count). The lowest BCUT2D eigenvalue weighted by atomic mass is 10.1. The van der Waals surface area contributed by atoms with E-state index in [-0.39, 0.29) is 13.0 Å². The smallest absolute Gasteiger partial charge is 0.302 e. The van der Waals surface area contributed by atoms with Crippen molar-refractivity contribution in [1.29, 1.82) is 0 Å². The summed E-state index contributed by atoms with van der Waals surface area (Å²) in [5.41, 5.74) is -0.875. The molecule has 80 valence electrons. The van der Waals surface area contributed by atoms with Gasteiger partial charge in [0.25, 0.3) is 0 Å². The Bertz CT molecular complexity index is 277. The molecule has 0 aromatic heterocycles. The first kappa shape index (κ1) is 13.4. The first-order chi connectivity index (χ1) is 6.33. The number of phosphoric ester groups is 1. The summed E-state index contributed by atoms with van der Waals surface area (Å²) in [5, 5.41) is 0. The van der Waals surface area contributed by atoms with E-state index in [4.69, 9.17) is 10.9 Å². The zero-order valence-electron chi connectivity index (χ0n) is 8.40. The van der Waals surface area contributed by atoms with E-state index < -0.39 is 13.4 Å². The second-order valence-electron chi connectivity index (χ2n) is 3.28. The molecule has 0 spiro atoms. The van der Waals surface area contributed by atoms with Gasteiger partial charge in [-0.2, -0.15) is 0 Å². The van der Waals surface area contributed by atoms with Crippen LogP contribution in [0, 0.1) is 12.3 Å². The highest BCUT2D eigenvalue weighted by molar-refractivity contribution is 7.47. The summed E-state index contributed by atoms with van der Waals surface area (Å²) in [6.07, 6.45) is 6.67. The normalized spacial score (nSPS) is 15.6. The van der Waals surface area contributed by atoms with Crippen LogP contribution in [-0.4, -0.2) is 17.1 Å². The zero-order valence-corrected chi connectivity index (χ0v) is 9.29. The third-order valence-corrected chi connectivity index (χ3v) is 2.45. The highest BCUT2D eigenvalue weighted by Crippen LogP contribution is 2.47. The van der Waals surface area contributed by atoms with Crippen LogP contribution in [0.1, 0.15) is 20.3 Å². The molecule has 4 nitrogen and oxygen atoms in total. The van der Waals surface area contributed by atoms with Crippen LogP contribution >= 0.6 is 7.82 Å². The van der Waals surface area contributed by atoms with E-state index in [1.165, 1.54) is 6.08 Å². The fraction of sp³-hybridized carbons (Fsp3) is 0.556. The second-order valence-corrected chi connectivity index (χ2v) is 4.66. The monoisotopic (exact) mass is 218 g/mol. The van der Waals surface area contributed by atoms with Crippen molar-refractivity contribution < 1.29 is 18.5 Å². The van der Waals surface area contributed by atoms with Crippen molar-refractivity contribution in [2.75, 3.05) is 6.61 Å². The summed E-state index contributed by atoms with van der Waals surface area (Å²) in [4.78, 5) is 9.20. The summed E-state index contributed by atoms with van der Waals surface area (Å²) >= 11 is 0. The molecule has 5 heteroatoms. The molecule has 1 N–H and O–H groups in total. The Morgan fingerprint density at radius 2 is 2.29 bits per heavy atom. The average Bonchev–Trinajstić information content (AvgIpc) is 1.98. The molecule has 0 amide bonds. The van der Waals surface area contributed by atoms with Crippen LogP contribution in [-0.2, 0) is 13.6 Å². The standard InChI is InChI=1S/C9H15O4P/c1-5-7-9(3,4)13-14(10,11)12-8-6-2/h1,6H,2,7-8H2,3-4H3,(H,10,11). The maximum absolute atomic E-state index is 11.3. The first-order valence-electron chi connectivity index (χ1n) is 4.05. The third-order valence-electron chi connectivity index (χ3n) is 1.25. The third kappa shape index (κ3) is 5.95. The second kappa shape index (κ2) is 5.33. The minimum absolute atomic E-state index is 0.0418. The van der Waals surface area contributed by atoms with Crippen molar-refractivity contribution in [3.8, 4) is 12.3 Å². The fourth-order valence-electron chi connectivity index (χ4n) is 0.764. The highest BCUT2D eigenvalue weighted by atomic mass is 31.2. The van der Waals surface area contributed by atoms with Crippen molar-refractivity contribution in [3.05, 3.63) is 12.7 Å². The van der Waals surface area contributed by atoms with E-state index in [1.807, 2.05) is 0 Å². The Morgan fingerprint density at radius 3 is 2.71 bits per heavy atom. The minimum atomic E-state index is -4.03. The molecule has 0 heterocycles. The van der Waals surface area contributed by atoms with Crippen LogP contribution in [0.5, 0.6) is 0 Å². The predicted octanol–water partition coefficient (Wildman–Crippen LogP) is 2.11. The molecule has 0 aliphatic rings. The van der Waals surface area contributed by atoms with Gasteiger partial charge in [0.05, 0.1) is 12.2 Å². The molecule has 14 heavy (non-hydrogen) atoms. The van der Waals surface area contributed by atoms with E-state index in [0.717, 1.165) is 0 Å². The van der Waals surface area contributed by atoms with Gasteiger partial charge in [0.15, 0.2) is 0 Å². The minimum Gasteiger partial charge on any atom is -0.302 e. The molecule has 1 unspecified atom stereocenters. The molecule has 0 aliphatic heterocycles. The van der Waals surface area contributed by atoms with E-state index in [2.05, 4.69) is 17.0 Å². The first-order valence-corrected chi connectivity index (χ1v) is 5.55. The molecule has 0 saturated carbocycles. The molecule has 0 radical (unpaired) electrons. The highest BCUT2D eigenvalue weighted by Gasteiger charge is 2.30. The van der Waals surface area contributed by atoms with Crippen molar-refractivity contribution >= 4 is 7.82 Å². The summed E-state index contributed by atoms with van der Waals surface area (Å²) in [5.74, 6) is 2.35. The molecule has 0 saturated heterocycles. The zero-order chi connectivity index (χ0) is 11.2. The predicted molar refractivity (Wildman–Crippen MR) is 54.6 cm³/mol. The molecule has 1 atom stereocenters. The molecule has 0 aromatic rings. The van der Waals surface area contributed by atoms with Crippen LogP contribution < -0.4 is 0 Å². The maximum Gasteiger partial charge on any atom is 0.473 e. The quantitative estimate of drug-likeness (QED) is 0.421. The van der Waals surface area contributed by atoms with Crippen LogP contribution in [0.25, 0.3) is 0 Å². The molecule has 0 fully saturated rings. The SMILES string of the molecule is C#CCC(C)(C)OP(=O)(O)OCC=C. The van der Waals surface area contributed by atoms with Crippen LogP contribution in [0.3, 0.4) is 0 Å². The van der Waals surface area contributed by atoms with E-state index >= 15 is 0 Å². The Labute approximate surface area is 84.5 Å². The number of hydrogen-bond acceptors (Lipinski definition) is 3. The summed E-state index contributed by atoms with van der Waals surface area (Å²) in [6, 6.07) is 0. The van der Waals surface area contributed by atoms with Gasteiger partial charge in [-0.15, -0.1) is 18.9 Å². The molecule has 0 aliphatic carbocycles. The van der Waals surface area contributed by atoms with Crippen molar-refractivity contribution in [1.82, 2.24) is 0 Å². The summed E-state index contributed by atoms with van der Waals surface area (Å²) in [6.45, 7) is 6.55. The van der Waals surface area contributed by atoms with Crippen molar-refractivity contribution in [3.63, 3.8) is 0 Å². The number of hydrogen-bond donors (Lipinski definition) is 1. The maximum atomic E-state index is 11.3. The van der Waals surface area contributed by atoms with E-state index in [9.17, 15) is 9.46 Å². The molecular weight excluding hydrogens is 203 g/mol. The van der Waals surface area contributed by atoms with Gasteiger partial charge in [-0.05, 0) is 13.8 Å². The van der Waals surface area contributed by atoms with Crippen LogP contribution in [0.2, 0.25) is 0 Å². The van der Waals surface area contributed by atoms with Gasteiger partial charge in [-0.25, -0.2) is 4.57 Å². The Hall–Kier alpha value is -0.590. The van der Waals surface area contributed by atoms with Crippen LogP contribution in [0.15, 0.2) is 12.7 Å².